The minimum Gasteiger partial charge on any atom is -0.394 e. The fourth-order valence-corrected chi connectivity index (χ4v) is 0.490. The monoisotopic (exact) mass is 231 g/mol. The molecule has 0 aromatic rings. The minimum absolute atomic E-state index is 0. The first-order valence-electron chi connectivity index (χ1n) is 4.02. The van der Waals surface area contributed by atoms with Crippen molar-refractivity contribution in [2.45, 2.75) is 12.0 Å². The Morgan fingerprint density at radius 2 is 1.71 bits per heavy atom. The van der Waals surface area contributed by atoms with Crippen LogP contribution in [0, 0.1) is 6.08 Å². The van der Waals surface area contributed by atoms with Gasteiger partial charge in [0.2, 0.25) is 0 Å². The van der Waals surface area contributed by atoms with Crippen molar-refractivity contribution < 1.29 is 41.2 Å². The first-order chi connectivity index (χ1) is 6.18. The van der Waals surface area contributed by atoms with E-state index in [2.05, 4.69) is 12.2 Å². The fraction of sp³-hybridized carbons (Fsp3) is 0.556. The zero-order chi connectivity index (χ0) is 10.2. The summed E-state index contributed by atoms with van der Waals surface area (Å²) in [5.74, 6) is 0. The van der Waals surface area contributed by atoms with Gasteiger partial charge in [-0.1, -0.05) is 0 Å². The summed E-state index contributed by atoms with van der Waals surface area (Å²) < 4.78 is 0. The molecule has 0 heterocycles. The Kier molecular flexibility index (Phi) is 11.6. The third-order valence-corrected chi connectivity index (χ3v) is 1.53. The number of aliphatic hydroxyl groups is 3. The zero-order valence-electron chi connectivity index (χ0n) is 8.06. The molecule has 1 aliphatic carbocycles. The second-order valence-corrected chi connectivity index (χ2v) is 2.84. The predicted octanol–water partition coefficient (Wildman–Crippen LogP) is -1.04. The van der Waals surface area contributed by atoms with Crippen LogP contribution in [0.25, 0.3) is 0 Å². The van der Waals surface area contributed by atoms with Crippen LogP contribution in [-0.2, 0) is 25.8 Å². The average molecular weight is 231 g/mol. The Morgan fingerprint density at radius 3 is 1.79 bits per heavy atom. The molecule has 0 aromatic carbocycles. The summed E-state index contributed by atoms with van der Waals surface area (Å²) >= 11 is 0. The van der Waals surface area contributed by atoms with Gasteiger partial charge in [-0.2, -0.15) is 6.08 Å². The van der Waals surface area contributed by atoms with Crippen LogP contribution in [0.4, 0.5) is 0 Å². The maximum atomic E-state index is 8.34. The van der Waals surface area contributed by atoms with Crippen molar-refractivity contribution in [3.8, 4) is 0 Å². The molecule has 0 amide bonds. The van der Waals surface area contributed by atoms with Gasteiger partial charge in [-0.25, -0.2) is 12.2 Å². The number of hydrogen-bond donors (Lipinski definition) is 4. The molecule has 1 aliphatic rings. The predicted molar refractivity (Wildman–Crippen MR) is 49.7 cm³/mol. The first kappa shape index (κ1) is 16.6. The van der Waals surface area contributed by atoms with Crippen molar-refractivity contribution in [3.63, 3.8) is 0 Å². The van der Waals surface area contributed by atoms with Gasteiger partial charge in [0.1, 0.15) is 0 Å². The maximum absolute atomic E-state index is 8.34. The van der Waals surface area contributed by atoms with Gasteiger partial charge < -0.3 is 21.1 Å². The summed E-state index contributed by atoms with van der Waals surface area (Å²) in [4.78, 5) is 0. The quantitative estimate of drug-likeness (QED) is 0.467. The van der Waals surface area contributed by atoms with E-state index in [1.54, 1.807) is 0 Å². The molecule has 0 saturated carbocycles. The van der Waals surface area contributed by atoms with Gasteiger partial charge in [-0.15, -0.1) is 6.42 Å². The largest absolute Gasteiger partial charge is 0.394 e. The molecular weight excluding hydrogens is 215 g/mol. The van der Waals surface area contributed by atoms with Gasteiger partial charge >= 0.3 is 0 Å². The van der Waals surface area contributed by atoms with E-state index in [-0.39, 0.29) is 25.8 Å². The second-order valence-electron chi connectivity index (χ2n) is 2.84. The van der Waals surface area contributed by atoms with E-state index in [1.807, 2.05) is 12.2 Å². The summed E-state index contributed by atoms with van der Waals surface area (Å²) in [5.41, 5.74) is 3.94. The molecule has 1 radical (unpaired) electrons. The molecule has 1 rings (SSSR count). The Hall–Kier alpha value is 0.190. The molecule has 0 atom stereocenters. The third kappa shape index (κ3) is 7.58. The van der Waals surface area contributed by atoms with Gasteiger partial charge in [0, 0.05) is 25.8 Å². The molecule has 0 bridgehead atoms. The number of rotatable bonds is 3. The van der Waals surface area contributed by atoms with E-state index < -0.39 is 25.4 Å². The van der Waals surface area contributed by atoms with E-state index >= 15 is 0 Å². The van der Waals surface area contributed by atoms with Crippen LogP contribution in [0.2, 0.25) is 0 Å². The summed E-state index contributed by atoms with van der Waals surface area (Å²) in [6.07, 6.45) is 10.0. The first-order valence-corrected chi connectivity index (χ1v) is 4.02. The van der Waals surface area contributed by atoms with Crippen molar-refractivity contribution in [2.75, 3.05) is 19.8 Å². The molecule has 0 saturated heterocycles. The molecule has 0 spiro atoms. The standard InChI is InChI=1S/C5H5.C4H11NO3.Sc/c1-2-4-5-3-1;5-4(1-6,2-7)3-8;/h1-3H,4H2;6-8H,1-3,5H2;/q-1;;. The SMILES string of the molecule is NC(CO)(CO)CO.[C-]1=CC=CC1.[Sc]. The van der Waals surface area contributed by atoms with Crippen molar-refractivity contribution >= 4 is 0 Å². The summed E-state index contributed by atoms with van der Waals surface area (Å²) in [6, 6.07) is 0. The zero-order valence-corrected chi connectivity index (χ0v) is 9.86. The van der Waals surface area contributed by atoms with E-state index in [0.29, 0.717) is 0 Å². The van der Waals surface area contributed by atoms with Gasteiger partial charge in [-0.3, -0.25) is 6.08 Å². The van der Waals surface area contributed by atoms with Crippen LogP contribution in [0.15, 0.2) is 18.2 Å². The Labute approximate surface area is 103 Å². The van der Waals surface area contributed by atoms with Crippen molar-refractivity contribution in [2.24, 2.45) is 5.73 Å². The van der Waals surface area contributed by atoms with Crippen LogP contribution < -0.4 is 5.73 Å². The molecular formula is C9H16NO3Sc-. The number of hydrogen-bond acceptors (Lipinski definition) is 4. The molecule has 0 fully saturated rings. The maximum Gasteiger partial charge on any atom is 0.0856 e. The molecule has 79 valence electrons. The van der Waals surface area contributed by atoms with E-state index in [9.17, 15) is 0 Å². The molecule has 0 aliphatic heterocycles. The molecule has 4 nitrogen and oxygen atoms in total. The Morgan fingerprint density at radius 1 is 1.21 bits per heavy atom. The van der Waals surface area contributed by atoms with Crippen LogP contribution in [0.1, 0.15) is 6.42 Å². The van der Waals surface area contributed by atoms with Crippen LogP contribution in [-0.4, -0.2) is 40.7 Å². The normalized spacial score (nSPS) is 13.1. The van der Waals surface area contributed by atoms with Crippen LogP contribution >= 0.6 is 0 Å². The van der Waals surface area contributed by atoms with Crippen molar-refractivity contribution in [1.29, 1.82) is 0 Å². The van der Waals surface area contributed by atoms with E-state index in [1.165, 1.54) is 0 Å². The van der Waals surface area contributed by atoms with Gasteiger partial charge in [0.05, 0.1) is 25.4 Å². The van der Waals surface area contributed by atoms with E-state index in [0.717, 1.165) is 6.42 Å². The van der Waals surface area contributed by atoms with Crippen LogP contribution in [0.3, 0.4) is 0 Å². The average Bonchev–Trinajstić information content (AvgIpc) is 2.75. The van der Waals surface area contributed by atoms with Gasteiger partial charge in [0.15, 0.2) is 0 Å². The number of aliphatic hydroxyl groups excluding tert-OH is 3. The van der Waals surface area contributed by atoms with E-state index in [4.69, 9.17) is 21.1 Å². The fourth-order valence-electron chi connectivity index (χ4n) is 0.490. The molecule has 0 unspecified atom stereocenters. The molecule has 5 heteroatoms. The summed E-state index contributed by atoms with van der Waals surface area (Å²) in [7, 11) is 0. The van der Waals surface area contributed by atoms with Crippen LogP contribution in [0.5, 0.6) is 0 Å². The molecule has 0 aromatic heterocycles. The van der Waals surface area contributed by atoms with Crippen molar-refractivity contribution in [3.05, 3.63) is 24.3 Å². The third-order valence-electron chi connectivity index (χ3n) is 1.53. The Balaban J connectivity index is 0. The minimum atomic E-state index is -1.21. The Bertz CT molecular complexity index is 161. The molecule has 14 heavy (non-hydrogen) atoms. The smallest absolute Gasteiger partial charge is 0.0856 e. The number of allylic oxidation sites excluding steroid dienone is 4. The second kappa shape index (κ2) is 9.73. The summed E-state index contributed by atoms with van der Waals surface area (Å²) in [5, 5.41) is 25.0. The summed E-state index contributed by atoms with van der Waals surface area (Å²) in [6.45, 7) is -1.21. The van der Waals surface area contributed by atoms with Gasteiger partial charge in [0.25, 0.3) is 0 Å². The number of nitrogens with two attached hydrogens (primary N) is 1. The van der Waals surface area contributed by atoms with Crippen molar-refractivity contribution in [1.82, 2.24) is 0 Å². The molecule has 5 N–H and O–H groups in total. The topological polar surface area (TPSA) is 86.7 Å². The van der Waals surface area contributed by atoms with Gasteiger partial charge in [-0.05, 0) is 0 Å².